The number of likely N-dealkylation sites (tertiary alicyclic amines) is 2. The normalized spacial score (nSPS) is 20.7. The molecule has 2 saturated heterocycles. The largest absolute Gasteiger partial charge is 0.388 e. The van der Waals surface area contributed by atoms with E-state index in [1.54, 1.807) is 23.1 Å². The van der Waals surface area contributed by atoms with Crippen LogP contribution in [0.3, 0.4) is 0 Å². The van der Waals surface area contributed by atoms with Crippen LogP contribution in [0.2, 0.25) is 0 Å². The van der Waals surface area contributed by atoms with Crippen LogP contribution in [0.5, 0.6) is 0 Å². The number of carbonyl (C=O) groups is 2. The zero-order chi connectivity index (χ0) is 26.7. The molecule has 12 heteroatoms. The lowest BCUT2D eigenvalue weighted by Gasteiger charge is -2.38. The lowest BCUT2D eigenvalue weighted by molar-refractivity contribution is -0.137. The molecule has 4 heterocycles. The summed E-state index contributed by atoms with van der Waals surface area (Å²) < 4.78 is 30.0. The van der Waals surface area contributed by atoms with Gasteiger partial charge in [0.2, 0.25) is 5.91 Å². The Hall–Kier alpha value is -3.67. The number of amides is 2. The SMILES string of the molecule is O=C(c1cccc(-n2ncc3c(=O)n(CC4(O)CCN(C(=O)C5CC5)CC4)cnc32)c1)N1CCC(F)(F)C1. The number of aromatic nitrogens is 4. The van der Waals surface area contributed by atoms with Crippen LogP contribution in [-0.4, -0.2) is 83.8 Å². The van der Waals surface area contributed by atoms with Gasteiger partial charge in [0.05, 0.1) is 30.6 Å². The van der Waals surface area contributed by atoms with Crippen molar-refractivity contribution in [3.05, 3.63) is 52.7 Å². The van der Waals surface area contributed by atoms with Crippen LogP contribution in [0.1, 0.15) is 42.5 Å². The molecule has 0 bridgehead atoms. The number of hydrogen-bond donors (Lipinski definition) is 1. The first-order valence-electron chi connectivity index (χ1n) is 12.8. The quantitative estimate of drug-likeness (QED) is 0.543. The molecule has 2 amide bonds. The Balaban J connectivity index is 1.21. The highest BCUT2D eigenvalue weighted by Crippen LogP contribution is 2.33. The number of hydrogen-bond acceptors (Lipinski definition) is 6. The molecule has 1 saturated carbocycles. The van der Waals surface area contributed by atoms with Crippen LogP contribution >= 0.6 is 0 Å². The number of halogens is 2. The predicted octanol–water partition coefficient (Wildman–Crippen LogP) is 1.83. The molecule has 3 fully saturated rings. The summed E-state index contributed by atoms with van der Waals surface area (Å²) in [6.07, 6.45) is 5.02. The first-order valence-corrected chi connectivity index (χ1v) is 12.8. The number of aliphatic hydroxyl groups is 1. The van der Waals surface area contributed by atoms with Crippen molar-refractivity contribution in [2.45, 2.75) is 50.2 Å². The van der Waals surface area contributed by atoms with Gasteiger partial charge in [0.15, 0.2) is 5.65 Å². The van der Waals surface area contributed by atoms with Crippen LogP contribution in [0, 0.1) is 5.92 Å². The number of rotatable bonds is 5. The molecule has 2 aliphatic heterocycles. The van der Waals surface area contributed by atoms with E-state index in [4.69, 9.17) is 0 Å². The Morgan fingerprint density at radius 1 is 1.08 bits per heavy atom. The van der Waals surface area contributed by atoms with Crippen LogP contribution in [-0.2, 0) is 11.3 Å². The van der Waals surface area contributed by atoms with Gasteiger partial charge in [-0.15, -0.1) is 0 Å². The summed E-state index contributed by atoms with van der Waals surface area (Å²) >= 11 is 0. The number of fused-ring (bicyclic) bond motifs is 1. The minimum atomic E-state index is -2.88. The molecular weight excluding hydrogens is 498 g/mol. The Labute approximate surface area is 216 Å². The topological polar surface area (TPSA) is 114 Å². The summed E-state index contributed by atoms with van der Waals surface area (Å²) in [6, 6.07) is 6.41. The van der Waals surface area contributed by atoms with E-state index < -0.39 is 24.0 Å². The molecule has 10 nitrogen and oxygen atoms in total. The Morgan fingerprint density at radius 3 is 2.50 bits per heavy atom. The summed E-state index contributed by atoms with van der Waals surface area (Å²) in [6.45, 7) is 0.346. The van der Waals surface area contributed by atoms with Gasteiger partial charge in [-0.1, -0.05) is 6.07 Å². The van der Waals surface area contributed by atoms with Crippen molar-refractivity contribution >= 4 is 22.8 Å². The fraction of sp³-hybridized carbons (Fsp3) is 0.500. The Morgan fingerprint density at radius 2 is 1.82 bits per heavy atom. The second-order valence-electron chi connectivity index (χ2n) is 10.7. The molecule has 1 N–H and O–H groups in total. The van der Waals surface area contributed by atoms with Gasteiger partial charge in [-0.3, -0.25) is 19.0 Å². The molecule has 0 atom stereocenters. The average molecular weight is 527 g/mol. The van der Waals surface area contributed by atoms with Crippen molar-refractivity contribution in [3.63, 3.8) is 0 Å². The Bertz CT molecular complexity index is 1470. The van der Waals surface area contributed by atoms with Gasteiger partial charge in [0.25, 0.3) is 17.4 Å². The lowest BCUT2D eigenvalue weighted by atomic mass is 9.91. The van der Waals surface area contributed by atoms with E-state index in [1.807, 2.05) is 0 Å². The fourth-order valence-corrected chi connectivity index (χ4v) is 5.32. The smallest absolute Gasteiger partial charge is 0.267 e. The summed E-state index contributed by atoms with van der Waals surface area (Å²) in [5, 5.41) is 15.7. The zero-order valence-electron chi connectivity index (χ0n) is 20.7. The minimum absolute atomic E-state index is 0.0108. The average Bonchev–Trinajstić information content (AvgIpc) is 3.56. The number of carbonyl (C=O) groups excluding carboxylic acids is 2. The second-order valence-corrected chi connectivity index (χ2v) is 10.7. The molecule has 0 spiro atoms. The predicted molar refractivity (Wildman–Crippen MR) is 132 cm³/mol. The molecule has 1 aliphatic carbocycles. The maximum absolute atomic E-state index is 13.6. The fourth-order valence-electron chi connectivity index (χ4n) is 5.32. The third-order valence-electron chi connectivity index (χ3n) is 7.75. The molecule has 1 aromatic carbocycles. The van der Waals surface area contributed by atoms with Gasteiger partial charge < -0.3 is 14.9 Å². The van der Waals surface area contributed by atoms with Crippen molar-refractivity contribution in [1.82, 2.24) is 29.1 Å². The number of piperidine rings is 1. The zero-order valence-corrected chi connectivity index (χ0v) is 20.7. The minimum Gasteiger partial charge on any atom is -0.388 e. The number of nitrogens with zero attached hydrogens (tertiary/aromatic N) is 6. The molecule has 38 heavy (non-hydrogen) atoms. The van der Waals surface area contributed by atoms with Crippen molar-refractivity contribution < 1.29 is 23.5 Å². The maximum atomic E-state index is 13.6. The van der Waals surface area contributed by atoms with E-state index in [1.165, 1.54) is 27.8 Å². The van der Waals surface area contributed by atoms with Gasteiger partial charge in [0.1, 0.15) is 11.7 Å². The van der Waals surface area contributed by atoms with Crippen LogP contribution in [0.4, 0.5) is 8.78 Å². The highest BCUT2D eigenvalue weighted by Gasteiger charge is 2.41. The van der Waals surface area contributed by atoms with Crippen molar-refractivity contribution in [3.8, 4) is 5.69 Å². The van der Waals surface area contributed by atoms with E-state index in [9.17, 15) is 28.3 Å². The van der Waals surface area contributed by atoms with Gasteiger partial charge in [-0.25, -0.2) is 18.4 Å². The van der Waals surface area contributed by atoms with Gasteiger partial charge in [-0.05, 0) is 43.9 Å². The van der Waals surface area contributed by atoms with Crippen LogP contribution < -0.4 is 5.56 Å². The Kier molecular flexibility index (Phi) is 5.82. The summed E-state index contributed by atoms with van der Waals surface area (Å²) in [5.74, 6) is -3.08. The maximum Gasteiger partial charge on any atom is 0.267 e. The van der Waals surface area contributed by atoms with Crippen molar-refractivity contribution in [1.29, 1.82) is 0 Å². The van der Waals surface area contributed by atoms with Crippen molar-refractivity contribution in [2.24, 2.45) is 5.92 Å². The van der Waals surface area contributed by atoms with Crippen LogP contribution in [0.15, 0.2) is 41.6 Å². The monoisotopic (exact) mass is 526 g/mol. The first-order chi connectivity index (χ1) is 18.1. The summed E-state index contributed by atoms with van der Waals surface area (Å²) in [7, 11) is 0. The van der Waals surface area contributed by atoms with E-state index in [0.717, 1.165) is 17.7 Å². The number of benzene rings is 1. The highest BCUT2D eigenvalue weighted by molar-refractivity contribution is 5.95. The molecular formula is C26H28F2N6O4. The third kappa shape index (κ3) is 4.57. The van der Waals surface area contributed by atoms with E-state index >= 15 is 0 Å². The van der Waals surface area contributed by atoms with E-state index in [2.05, 4.69) is 10.1 Å². The van der Waals surface area contributed by atoms with Gasteiger partial charge in [-0.2, -0.15) is 5.10 Å². The van der Waals surface area contributed by atoms with Gasteiger partial charge in [0, 0.05) is 37.5 Å². The third-order valence-corrected chi connectivity index (χ3v) is 7.75. The summed E-state index contributed by atoms with van der Waals surface area (Å²) in [4.78, 5) is 45.7. The second kappa shape index (κ2) is 8.97. The molecule has 3 aromatic rings. The molecule has 3 aliphatic rings. The molecule has 2 aromatic heterocycles. The molecule has 0 unspecified atom stereocenters. The standard InChI is InChI=1S/C26H28F2N6O4/c27-26(28)8-11-32(15-26)23(36)18-2-1-3-19(12-18)34-21-20(13-30-34)24(37)33(16-29-21)14-25(38)6-9-31(10-7-25)22(35)17-4-5-17/h1-3,12-13,16-17,38H,4-11,14-15H2. The van der Waals surface area contributed by atoms with Crippen LogP contribution in [0.25, 0.3) is 16.7 Å². The van der Waals surface area contributed by atoms with E-state index in [-0.39, 0.29) is 53.5 Å². The molecule has 200 valence electrons. The van der Waals surface area contributed by atoms with Crippen molar-refractivity contribution in [2.75, 3.05) is 26.2 Å². The molecule has 6 rings (SSSR count). The summed E-state index contributed by atoms with van der Waals surface area (Å²) in [5.41, 5.74) is -0.506. The number of alkyl halides is 2. The first kappa shape index (κ1) is 24.7. The lowest BCUT2D eigenvalue weighted by Crippen LogP contribution is -2.50. The highest BCUT2D eigenvalue weighted by atomic mass is 19.3. The van der Waals surface area contributed by atoms with Gasteiger partial charge >= 0.3 is 0 Å². The molecule has 0 radical (unpaired) electrons. The van der Waals surface area contributed by atoms with E-state index in [0.29, 0.717) is 31.6 Å².